The Balaban J connectivity index is 1.67. The summed E-state index contributed by atoms with van der Waals surface area (Å²) in [6.45, 7) is 3.82. The second kappa shape index (κ2) is 10.9. The van der Waals surface area contributed by atoms with Gasteiger partial charge in [0.05, 0.1) is 17.3 Å². The van der Waals surface area contributed by atoms with E-state index in [1.807, 2.05) is 73.7 Å². The molecule has 1 N–H and O–H groups in total. The highest BCUT2D eigenvalue weighted by Gasteiger charge is 2.35. The smallest absolute Gasteiger partial charge is 0.258 e. The molecule has 0 saturated carbocycles. The Morgan fingerprint density at radius 3 is 2.45 bits per heavy atom. The molecule has 1 atom stereocenters. The van der Waals surface area contributed by atoms with Gasteiger partial charge >= 0.3 is 0 Å². The number of pyridine rings is 1. The Morgan fingerprint density at radius 1 is 1.00 bits per heavy atom. The number of aryl methyl sites for hydroxylation is 1. The molecule has 1 amide bonds. The number of carbonyl (C=O) groups excluding carboxylic acids is 2. The topological polar surface area (TPSA) is 82.6 Å². The van der Waals surface area contributed by atoms with Gasteiger partial charge in [0.25, 0.3) is 5.56 Å². The van der Waals surface area contributed by atoms with E-state index >= 15 is 0 Å². The lowest BCUT2D eigenvalue weighted by atomic mass is 9.90. The molecule has 192 valence electrons. The molecule has 38 heavy (non-hydrogen) atoms. The molecule has 0 saturated heterocycles. The number of benzene rings is 3. The summed E-state index contributed by atoms with van der Waals surface area (Å²) in [5, 5.41) is 7.17. The van der Waals surface area contributed by atoms with Crippen LogP contribution in [0.1, 0.15) is 55.3 Å². The van der Waals surface area contributed by atoms with Gasteiger partial charge in [-0.15, -0.1) is 0 Å². The predicted octanol–water partition coefficient (Wildman–Crippen LogP) is 6.70. The average Bonchev–Trinajstić information content (AvgIpc) is 3.37. The van der Waals surface area contributed by atoms with Crippen LogP contribution in [0, 0.1) is 6.92 Å². The Kier molecular flexibility index (Phi) is 7.38. The highest BCUT2D eigenvalue weighted by atomic mass is 79.9. The van der Waals surface area contributed by atoms with Gasteiger partial charge in [-0.05, 0) is 42.3 Å². The van der Waals surface area contributed by atoms with Crippen LogP contribution in [0.2, 0.25) is 0 Å². The number of carbonyl (C=O) groups is 2. The molecule has 2 heterocycles. The van der Waals surface area contributed by atoms with Crippen molar-refractivity contribution in [3.05, 3.63) is 104 Å². The molecule has 1 aliphatic rings. The van der Waals surface area contributed by atoms with Crippen molar-refractivity contribution in [2.75, 3.05) is 0 Å². The van der Waals surface area contributed by atoms with Crippen molar-refractivity contribution in [3.8, 4) is 11.1 Å². The van der Waals surface area contributed by atoms with E-state index in [0.717, 1.165) is 37.6 Å². The molecular weight excluding hydrogens is 542 g/mol. The standard InChI is InChI=1S/C31H28BrN3O3/c1-3-23(36)14-16-28(37)35-27(20-10-12-22(32)13-11-20)18-26(34-35)30-29(21-7-5-4-6-8-21)24-17-19(2)9-15-25(24)33-31(30)38/h4-13,15,17,27H,3,14,16,18H2,1-2H3,(H,33,38). The highest BCUT2D eigenvalue weighted by Crippen LogP contribution is 2.37. The number of hydrazone groups is 1. The van der Waals surface area contributed by atoms with Crippen LogP contribution in [-0.2, 0) is 9.59 Å². The molecule has 6 nitrogen and oxygen atoms in total. The number of H-pyrrole nitrogens is 1. The summed E-state index contributed by atoms with van der Waals surface area (Å²) in [4.78, 5) is 42.0. The minimum Gasteiger partial charge on any atom is -0.321 e. The molecule has 1 unspecified atom stereocenters. The molecule has 5 rings (SSSR count). The minimum absolute atomic E-state index is 0.0367. The number of aromatic nitrogens is 1. The first-order valence-electron chi connectivity index (χ1n) is 12.7. The van der Waals surface area contributed by atoms with Crippen LogP contribution in [0.4, 0.5) is 0 Å². The largest absolute Gasteiger partial charge is 0.321 e. The highest BCUT2D eigenvalue weighted by molar-refractivity contribution is 9.10. The molecule has 0 aliphatic carbocycles. The number of fused-ring (bicyclic) bond motifs is 1. The molecule has 7 heteroatoms. The zero-order valence-electron chi connectivity index (χ0n) is 21.3. The van der Waals surface area contributed by atoms with E-state index in [1.165, 1.54) is 5.01 Å². The lowest BCUT2D eigenvalue weighted by molar-refractivity contribution is -0.134. The van der Waals surface area contributed by atoms with E-state index < -0.39 is 0 Å². The van der Waals surface area contributed by atoms with Crippen molar-refractivity contribution in [1.29, 1.82) is 0 Å². The molecule has 4 aromatic rings. The minimum atomic E-state index is -0.376. The van der Waals surface area contributed by atoms with Crippen molar-refractivity contribution in [3.63, 3.8) is 0 Å². The molecule has 0 radical (unpaired) electrons. The van der Waals surface area contributed by atoms with Crippen molar-refractivity contribution in [2.45, 2.75) is 45.6 Å². The van der Waals surface area contributed by atoms with Crippen molar-refractivity contribution in [2.24, 2.45) is 5.10 Å². The zero-order chi connectivity index (χ0) is 26.8. The van der Waals surface area contributed by atoms with E-state index in [9.17, 15) is 14.4 Å². The monoisotopic (exact) mass is 569 g/mol. The Morgan fingerprint density at radius 2 is 1.74 bits per heavy atom. The second-order valence-corrected chi connectivity index (χ2v) is 10.5. The molecule has 3 aromatic carbocycles. The molecular formula is C31H28BrN3O3. The van der Waals surface area contributed by atoms with Gasteiger partial charge < -0.3 is 4.98 Å². The SMILES string of the molecule is CCC(=O)CCC(=O)N1N=C(c2c(-c3ccccc3)c3cc(C)ccc3[nH]c2=O)CC1c1ccc(Br)cc1. The summed E-state index contributed by atoms with van der Waals surface area (Å²) in [6, 6.07) is 23.2. The third-order valence-corrected chi connectivity index (χ3v) is 7.48. The fraction of sp³-hybridized carbons (Fsp3) is 0.226. The van der Waals surface area contributed by atoms with E-state index in [-0.39, 0.29) is 36.1 Å². The number of rotatable bonds is 7. The van der Waals surface area contributed by atoms with E-state index in [0.29, 0.717) is 24.1 Å². The number of nitrogens with one attached hydrogen (secondary N) is 1. The van der Waals surface area contributed by atoms with E-state index in [1.54, 1.807) is 6.92 Å². The zero-order valence-corrected chi connectivity index (χ0v) is 22.9. The summed E-state index contributed by atoms with van der Waals surface area (Å²) >= 11 is 3.48. The maximum Gasteiger partial charge on any atom is 0.258 e. The first kappa shape index (κ1) is 25.8. The van der Waals surface area contributed by atoms with Crippen LogP contribution in [0.3, 0.4) is 0 Å². The van der Waals surface area contributed by atoms with Crippen LogP contribution in [0.25, 0.3) is 22.0 Å². The fourth-order valence-corrected chi connectivity index (χ4v) is 5.22. The number of Topliss-reactive ketones (excluding diaryl/α,β-unsaturated/α-hetero) is 1. The van der Waals surface area contributed by atoms with Gasteiger partial charge in [0.1, 0.15) is 5.78 Å². The predicted molar refractivity (Wildman–Crippen MR) is 154 cm³/mol. The van der Waals surface area contributed by atoms with E-state index in [4.69, 9.17) is 5.10 Å². The average molecular weight is 570 g/mol. The van der Waals surface area contributed by atoms with Gasteiger partial charge in [0.2, 0.25) is 5.91 Å². The third-order valence-electron chi connectivity index (χ3n) is 6.95. The molecule has 0 spiro atoms. The summed E-state index contributed by atoms with van der Waals surface area (Å²) < 4.78 is 0.930. The maximum atomic E-state index is 13.6. The van der Waals surface area contributed by atoms with Crippen LogP contribution in [0.15, 0.2) is 87.2 Å². The summed E-state index contributed by atoms with van der Waals surface area (Å²) in [5.41, 5.74) is 5.22. The van der Waals surface area contributed by atoms with Crippen molar-refractivity contribution >= 4 is 44.2 Å². The third kappa shape index (κ3) is 5.11. The number of amides is 1. The molecule has 0 fully saturated rings. The normalized spacial score (nSPS) is 15.1. The first-order chi connectivity index (χ1) is 18.4. The van der Waals surface area contributed by atoms with Gasteiger partial charge in [-0.2, -0.15) is 5.10 Å². The number of hydrogen-bond donors (Lipinski definition) is 1. The molecule has 1 aliphatic heterocycles. The summed E-state index contributed by atoms with van der Waals surface area (Å²) in [6.07, 6.45) is 1.03. The van der Waals surface area contributed by atoms with Gasteiger partial charge in [-0.3, -0.25) is 14.4 Å². The Hall–Kier alpha value is -3.84. The van der Waals surface area contributed by atoms with Gasteiger partial charge in [0, 0.05) is 46.6 Å². The van der Waals surface area contributed by atoms with Crippen LogP contribution < -0.4 is 5.56 Å². The maximum absolute atomic E-state index is 13.6. The van der Waals surface area contributed by atoms with Crippen LogP contribution in [0.5, 0.6) is 0 Å². The van der Waals surface area contributed by atoms with Gasteiger partial charge in [-0.25, -0.2) is 5.01 Å². The van der Waals surface area contributed by atoms with Gasteiger partial charge in [0.15, 0.2) is 0 Å². The number of hydrogen-bond acceptors (Lipinski definition) is 4. The lowest BCUT2D eigenvalue weighted by Crippen LogP contribution is -2.27. The molecule has 0 bridgehead atoms. The van der Waals surface area contributed by atoms with Crippen molar-refractivity contribution in [1.82, 2.24) is 9.99 Å². The summed E-state index contributed by atoms with van der Waals surface area (Å²) in [5.74, 6) is -0.196. The first-order valence-corrected chi connectivity index (χ1v) is 13.5. The summed E-state index contributed by atoms with van der Waals surface area (Å²) in [7, 11) is 0. The second-order valence-electron chi connectivity index (χ2n) is 9.57. The van der Waals surface area contributed by atoms with Crippen LogP contribution >= 0.6 is 15.9 Å². The quantitative estimate of drug-likeness (QED) is 0.268. The fourth-order valence-electron chi connectivity index (χ4n) is 4.96. The van der Waals surface area contributed by atoms with E-state index in [2.05, 4.69) is 27.0 Å². The number of nitrogens with zero attached hydrogens (tertiary/aromatic N) is 2. The Labute approximate surface area is 229 Å². The molecule has 1 aromatic heterocycles. The lowest BCUT2D eigenvalue weighted by Gasteiger charge is -2.22. The number of ketones is 1. The van der Waals surface area contributed by atoms with Crippen LogP contribution in [-0.4, -0.2) is 27.4 Å². The number of aromatic amines is 1. The van der Waals surface area contributed by atoms with Gasteiger partial charge in [-0.1, -0.05) is 76.9 Å². The Bertz CT molecular complexity index is 1610. The number of halogens is 1. The van der Waals surface area contributed by atoms with Crippen molar-refractivity contribution < 1.29 is 9.59 Å².